The molecule has 45 heavy (non-hydrogen) atoms. The van der Waals surface area contributed by atoms with Crippen molar-refractivity contribution in [2.75, 3.05) is 40.1 Å². The number of rotatable bonds is 8. The molecule has 0 spiro atoms. The highest BCUT2D eigenvalue weighted by molar-refractivity contribution is 7.46. The lowest BCUT2D eigenvalue weighted by Crippen LogP contribution is -2.26. The van der Waals surface area contributed by atoms with Crippen LogP contribution in [-0.4, -0.2) is 66.9 Å². The molecule has 1 heterocycles. The maximum atomic E-state index is 13.4. The first-order valence-corrected chi connectivity index (χ1v) is 15.4. The van der Waals surface area contributed by atoms with E-state index in [0.717, 1.165) is 22.0 Å². The van der Waals surface area contributed by atoms with Crippen LogP contribution in [0.5, 0.6) is 5.75 Å². The van der Waals surface area contributed by atoms with E-state index in [1.807, 2.05) is 74.1 Å². The van der Waals surface area contributed by atoms with Crippen LogP contribution in [0.25, 0.3) is 33.4 Å². The summed E-state index contributed by atoms with van der Waals surface area (Å²) in [5, 5.41) is 12.0. The van der Waals surface area contributed by atoms with E-state index in [0.29, 0.717) is 28.0 Å². The molecule has 232 valence electrons. The van der Waals surface area contributed by atoms with Crippen LogP contribution in [0.1, 0.15) is 26.3 Å². The van der Waals surface area contributed by atoms with Crippen LogP contribution in [0.15, 0.2) is 83.3 Å². The van der Waals surface area contributed by atoms with E-state index in [1.54, 1.807) is 31.3 Å². The number of benzene rings is 4. The third kappa shape index (κ3) is 6.76. The Balaban J connectivity index is 1.57. The van der Waals surface area contributed by atoms with Gasteiger partial charge in [0.05, 0.1) is 11.6 Å². The first-order chi connectivity index (χ1) is 21.2. The molecule has 12 heteroatoms. The SMILES string of the molecule is CN(Cc1ccc(OP(=O)(O)O)cc1)C(=O)c1ccc(-c2c3ccc(=[N+](C)C)cc-3oc3cc(N(C)C)ccc23)c(C(=O)O)c1. The van der Waals surface area contributed by atoms with E-state index in [2.05, 4.69) is 4.52 Å². The quantitative estimate of drug-likeness (QED) is 0.126. The minimum Gasteiger partial charge on any atom is -0.478 e. The molecule has 0 unspecified atom stereocenters. The third-order valence-corrected chi connectivity index (χ3v) is 7.85. The Bertz CT molecular complexity index is 2020. The number of aromatic carboxylic acids is 1. The summed E-state index contributed by atoms with van der Waals surface area (Å²) in [5.74, 6) is -0.996. The van der Waals surface area contributed by atoms with E-state index >= 15 is 0 Å². The predicted octanol–water partition coefficient (Wildman–Crippen LogP) is 4.74. The number of phosphoric acid groups is 1. The van der Waals surface area contributed by atoms with Crippen molar-refractivity contribution < 1.29 is 38.0 Å². The van der Waals surface area contributed by atoms with E-state index in [4.69, 9.17) is 14.2 Å². The van der Waals surface area contributed by atoms with Gasteiger partial charge in [0.2, 0.25) is 5.36 Å². The number of carbonyl (C=O) groups is 2. The zero-order valence-corrected chi connectivity index (χ0v) is 26.3. The average Bonchev–Trinajstić information content (AvgIpc) is 2.98. The van der Waals surface area contributed by atoms with E-state index in [1.165, 1.54) is 23.1 Å². The molecule has 3 aromatic rings. The summed E-state index contributed by atoms with van der Waals surface area (Å²) >= 11 is 0. The molecule has 1 aliphatic carbocycles. The number of carbonyl (C=O) groups excluding carboxylic acids is 1. The molecule has 5 rings (SSSR count). The fraction of sp³-hybridized carbons (Fsp3) is 0.182. The Hall–Kier alpha value is -4.96. The van der Waals surface area contributed by atoms with Gasteiger partial charge in [-0.15, -0.1) is 0 Å². The zero-order valence-electron chi connectivity index (χ0n) is 25.4. The van der Waals surface area contributed by atoms with Crippen LogP contribution < -0.4 is 19.4 Å². The van der Waals surface area contributed by atoms with Crippen molar-refractivity contribution in [1.29, 1.82) is 0 Å². The molecule has 1 aliphatic heterocycles. The van der Waals surface area contributed by atoms with Gasteiger partial charge >= 0.3 is 13.8 Å². The van der Waals surface area contributed by atoms with Gasteiger partial charge in [-0.3, -0.25) is 14.6 Å². The van der Waals surface area contributed by atoms with Gasteiger partial charge in [0.25, 0.3) is 5.91 Å². The van der Waals surface area contributed by atoms with Gasteiger partial charge in [0.15, 0.2) is 0 Å². The van der Waals surface area contributed by atoms with Gasteiger partial charge < -0.3 is 23.8 Å². The molecule has 0 aromatic heterocycles. The van der Waals surface area contributed by atoms with Crippen molar-refractivity contribution in [2.24, 2.45) is 0 Å². The van der Waals surface area contributed by atoms with Crippen LogP contribution in [0.3, 0.4) is 0 Å². The molecule has 3 N–H and O–H groups in total. The van der Waals surface area contributed by atoms with Crippen LogP contribution in [0.4, 0.5) is 5.69 Å². The number of carboxylic acid groups (broad SMARTS) is 1. The van der Waals surface area contributed by atoms with Crippen molar-refractivity contribution in [3.63, 3.8) is 0 Å². The van der Waals surface area contributed by atoms with Crippen LogP contribution >= 0.6 is 7.82 Å². The number of anilines is 1. The Labute approximate surface area is 259 Å². The summed E-state index contributed by atoms with van der Waals surface area (Å²) in [6.45, 7) is 0.164. The lowest BCUT2D eigenvalue weighted by atomic mass is 9.89. The van der Waals surface area contributed by atoms with E-state index in [9.17, 15) is 19.3 Å². The highest BCUT2D eigenvalue weighted by Crippen LogP contribution is 2.42. The van der Waals surface area contributed by atoms with Crippen LogP contribution in [0, 0.1) is 0 Å². The molecule has 0 atom stereocenters. The van der Waals surface area contributed by atoms with Gasteiger partial charge in [-0.1, -0.05) is 18.2 Å². The van der Waals surface area contributed by atoms with Crippen molar-refractivity contribution in [2.45, 2.75) is 6.54 Å². The second-order valence-electron chi connectivity index (χ2n) is 11.1. The summed E-state index contributed by atoms with van der Waals surface area (Å²) in [6.07, 6.45) is 0. The van der Waals surface area contributed by atoms with Gasteiger partial charge in [0, 0.05) is 67.6 Å². The average molecular weight is 631 g/mol. The summed E-state index contributed by atoms with van der Waals surface area (Å²) in [6, 6.07) is 22.2. The summed E-state index contributed by atoms with van der Waals surface area (Å²) in [5.41, 5.74) is 4.22. The maximum Gasteiger partial charge on any atom is 0.524 e. The number of hydrogen-bond donors (Lipinski definition) is 3. The number of hydrogen-bond acceptors (Lipinski definition) is 6. The highest BCUT2D eigenvalue weighted by Gasteiger charge is 2.24. The Kier molecular flexibility index (Phi) is 8.53. The number of amides is 1. The van der Waals surface area contributed by atoms with Gasteiger partial charge in [0.1, 0.15) is 31.2 Å². The number of nitrogens with zero attached hydrogens (tertiary/aromatic N) is 3. The largest absolute Gasteiger partial charge is 0.524 e. The molecule has 0 fully saturated rings. The fourth-order valence-corrected chi connectivity index (χ4v) is 5.54. The highest BCUT2D eigenvalue weighted by atomic mass is 31.2. The first kappa shape index (κ1) is 31.5. The summed E-state index contributed by atoms with van der Waals surface area (Å²) in [7, 11) is 4.61. The first-order valence-electron chi connectivity index (χ1n) is 13.9. The van der Waals surface area contributed by atoms with Crippen LogP contribution in [-0.2, 0) is 11.1 Å². The molecule has 2 aliphatic rings. The third-order valence-electron chi connectivity index (χ3n) is 7.40. The van der Waals surface area contributed by atoms with E-state index in [-0.39, 0.29) is 23.4 Å². The lowest BCUT2D eigenvalue weighted by molar-refractivity contribution is 0.0697. The fourth-order valence-electron chi connectivity index (χ4n) is 5.15. The van der Waals surface area contributed by atoms with Crippen molar-refractivity contribution in [1.82, 2.24) is 9.48 Å². The zero-order chi connectivity index (χ0) is 32.6. The smallest absolute Gasteiger partial charge is 0.478 e. The summed E-state index contributed by atoms with van der Waals surface area (Å²) < 4.78 is 24.0. The molecular formula is C33H33N3O8P+. The molecule has 1 amide bonds. The Morgan fingerprint density at radius 3 is 2.20 bits per heavy atom. The molecule has 0 bridgehead atoms. The second kappa shape index (κ2) is 12.2. The molecular weight excluding hydrogens is 597 g/mol. The van der Waals surface area contributed by atoms with E-state index < -0.39 is 19.7 Å². The van der Waals surface area contributed by atoms with Gasteiger partial charge in [-0.05, 0) is 53.6 Å². The molecule has 3 aromatic carbocycles. The van der Waals surface area contributed by atoms with Gasteiger partial charge in [-0.2, -0.15) is 0 Å². The lowest BCUT2D eigenvalue weighted by Gasteiger charge is -2.20. The Morgan fingerprint density at radius 2 is 1.58 bits per heavy atom. The minimum atomic E-state index is -4.69. The molecule has 0 radical (unpaired) electrons. The van der Waals surface area contributed by atoms with Crippen LogP contribution in [0.2, 0.25) is 0 Å². The number of phosphoric ester groups is 1. The standard InChI is InChI=1S/C33H32N3O8P/c1-34(2)22-9-14-26-29(17-22)43-30-18-23(35(3)4)10-15-27(30)31(26)25-13-8-21(16-28(25)33(38)39)32(37)36(5)19-20-6-11-24(12-7-20)44-45(40,41)42/h6-18H,19H2,1-5H3,(H2-,38,39,40,41,42)/p+1. The normalized spacial score (nSPS) is 11.4. The predicted molar refractivity (Wildman–Crippen MR) is 172 cm³/mol. The van der Waals surface area contributed by atoms with Gasteiger partial charge in [-0.25, -0.2) is 13.9 Å². The molecule has 11 nitrogen and oxygen atoms in total. The monoisotopic (exact) mass is 630 g/mol. The summed E-state index contributed by atoms with van der Waals surface area (Å²) in [4.78, 5) is 47.5. The maximum absolute atomic E-state index is 13.4. The molecule has 0 saturated heterocycles. The number of fused-ring (bicyclic) bond motifs is 2. The van der Waals surface area contributed by atoms with Crippen molar-refractivity contribution in [3.8, 4) is 28.2 Å². The van der Waals surface area contributed by atoms with Crippen molar-refractivity contribution >= 4 is 36.4 Å². The topological polar surface area (TPSA) is 144 Å². The second-order valence-corrected chi connectivity index (χ2v) is 12.2. The van der Waals surface area contributed by atoms with Crippen molar-refractivity contribution in [3.05, 3.63) is 101 Å². The minimum absolute atomic E-state index is 0.00705. The molecule has 0 saturated carbocycles. The Morgan fingerprint density at radius 1 is 0.889 bits per heavy atom. The number of carboxylic acids is 1.